The van der Waals surface area contributed by atoms with Crippen LogP contribution in [0.1, 0.15) is 19.3 Å². The molecule has 2 fully saturated rings. The molecule has 1 aromatic heterocycles. The lowest BCUT2D eigenvalue weighted by Gasteiger charge is -2.36. The number of rotatable bonds is 7. The van der Waals surface area contributed by atoms with Crippen molar-refractivity contribution in [3.63, 3.8) is 0 Å². The molecule has 1 aromatic carbocycles. The highest BCUT2D eigenvalue weighted by molar-refractivity contribution is 7.17. The molecule has 140 valence electrons. The monoisotopic (exact) mass is 372 g/mol. The van der Waals surface area contributed by atoms with E-state index >= 15 is 0 Å². The van der Waals surface area contributed by atoms with Crippen LogP contribution in [0.2, 0.25) is 0 Å². The van der Waals surface area contributed by atoms with Crippen molar-refractivity contribution in [2.45, 2.75) is 19.3 Å². The maximum Gasteiger partial charge on any atom is 0.317 e. The summed E-state index contributed by atoms with van der Waals surface area (Å²) in [6.07, 6.45) is 3.56. The van der Waals surface area contributed by atoms with Gasteiger partial charge in [-0.1, -0.05) is 12.5 Å². The highest BCUT2D eigenvalue weighted by Crippen LogP contribution is 2.31. The number of nitrogens with one attached hydrogen (secondary N) is 1. The summed E-state index contributed by atoms with van der Waals surface area (Å²) in [5, 5.41) is 6.45. The van der Waals surface area contributed by atoms with Crippen LogP contribution in [0.25, 0.3) is 10.1 Å². The number of anilines is 1. The van der Waals surface area contributed by atoms with Crippen LogP contribution in [-0.4, -0.2) is 68.2 Å². The number of hydrogen-bond donors (Lipinski definition) is 1. The Balaban J connectivity index is 1.17. The second-order valence-corrected chi connectivity index (χ2v) is 8.17. The van der Waals surface area contributed by atoms with Gasteiger partial charge in [-0.3, -0.25) is 4.90 Å². The van der Waals surface area contributed by atoms with E-state index in [2.05, 4.69) is 44.8 Å². The summed E-state index contributed by atoms with van der Waals surface area (Å²) in [4.78, 5) is 18.6. The fourth-order valence-corrected chi connectivity index (χ4v) is 4.81. The first-order chi connectivity index (χ1) is 12.8. The molecule has 2 aromatic rings. The Morgan fingerprint density at radius 1 is 0.962 bits per heavy atom. The topological polar surface area (TPSA) is 38.8 Å². The van der Waals surface area contributed by atoms with E-state index in [0.29, 0.717) is 0 Å². The molecule has 2 amide bonds. The SMILES string of the molecule is O=C1NCCN1CCCCCN1CCN(c2cccc3sccc23)CC1. The predicted octanol–water partition coefficient (Wildman–Crippen LogP) is 3.22. The molecule has 4 rings (SSSR count). The number of benzene rings is 1. The van der Waals surface area contributed by atoms with E-state index in [1.54, 1.807) is 0 Å². The van der Waals surface area contributed by atoms with Gasteiger partial charge in [0.15, 0.2) is 0 Å². The highest BCUT2D eigenvalue weighted by Gasteiger charge is 2.20. The van der Waals surface area contributed by atoms with Gasteiger partial charge in [0.25, 0.3) is 0 Å². The summed E-state index contributed by atoms with van der Waals surface area (Å²) >= 11 is 1.83. The maximum atomic E-state index is 11.5. The molecule has 2 aliphatic rings. The minimum Gasteiger partial charge on any atom is -0.368 e. The first-order valence-corrected chi connectivity index (χ1v) is 10.7. The van der Waals surface area contributed by atoms with Gasteiger partial charge in [-0.05, 0) is 43.0 Å². The minimum absolute atomic E-state index is 0.113. The second kappa shape index (κ2) is 8.27. The minimum atomic E-state index is 0.113. The molecule has 5 nitrogen and oxygen atoms in total. The van der Waals surface area contributed by atoms with Crippen LogP contribution in [-0.2, 0) is 0 Å². The van der Waals surface area contributed by atoms with Gasteiger partial charge in [0.2, 0.25) is 0 Å². The fourth-order valence-electron chi connectivity index (χ4n) is 4.01. The first-order valence-electron chi connectivity index (χ1n) is 9.77. The second-order valence-electron chi connectivity index (χ2n) is 7.22. The molecule has 0 aliphatic carbocycles. The Kier molecular flexibility index (Phi) is 5.60. The van der Waals surface area contributed by atoms with E-state index in [4.69, 9.17) is 0 Å². The standard InChI is InChI=1S/C20H28N4OS/c25-20-21-8-11-24(20)10-3-1-2-9-22-12-14-23(15-13-22)18-5-4-6-19-17(18)7-16-26-19/h4-7,16H,1-3,8-15H2,(H,21,25). The third kappa shape index (κ3) is 3.96. The van der Waals surface area contributed by atoms with Crippen molar-refractivity contribution in [1.82, 2.24) is 15.1 Å². The third-order valence-corrected chi connectivity index (χ3v) is 6.42. The number of carbonyl (C=O) groups excluding carboxylic acids is 1. The van der Waals surface area contributed by atoms with Gasteiger partial charge >= 0.3 is 6.03 Å². The molecule has 3 heterocycles. The van der Waals surface area contributed by atoms with Gasteiger partial charge in [0, 0.05) is 61.6 Å². The van der Waals surface area contributed by atoms with Crippen molar-refractivity contribution >= 4 is 33.1 Å². The Morgan fingerprint density at radius 3 is 2.62 bits per heavy atom. The molecule has 0 unspecified atom stereocenters. The molecular formula is C20H28N4OS. The Morgan fingerprint density at radius 2 is 1.81 bits per heavy atom. The first kappa shape index (κ1) is 17.6. The average Bonchev–Trinajstić information content (AvgIpc) is 3.31. The van der Waals surface area contributed by atoms with Crippen LogP contribution in [0.4, 0.5) is 10.5 Å². The Bertz CT molecular complexity index is 738. The van der Waals surface area contributed by atoms with E-state index in [-0.39, 0.29) is 6.03 Å². The van der Waals surface area contributed by atoms with E-state index in [1.165, 1.54) is 35.2 Å². The van der Waals surface area contributed by atoms with Gasteiger partial charge in [0.05, 0.1) is 0 Å². The van der Waals surface area contributed by atoms with E-state index in [0.717, 1.165) is 52.2 Å². The normalized spacial score (nSPS) is 18.7. The summed E-state index contributed by atoms with van der Waals surface area (Å²) in [7, 11) is 0. The molecule has 0 spiro atoms. The Labute approximate surface area is 159 Å². The maximum absolute atomic E-state index is 11.5. The lowest BCUT2D eigenvalue weighted by atomic mass is 10.1. The molecule has 0 saturated carbocycles. The number of urea groups is 1. The molecule has 0 radical (unpaired) electrons. The van der Waals surface area contributed by atoms with Crippen LogP contribution in [0.3, 0.4) is 0 Å². The number of carbonyl (C=O) groups is 1. The van der Waals surface area contributed by atoms with Crippen LogP contribution >= 0.6 is 11.3 Å². The summed E-state index contributed by atoms with van der Waals surface area (Å²) < 4.78 is 1.39. The number of fused-ring (bicyclic) bond motifs is 1. The number of thiophene rings is 1. The molecule has 26 heavy (non-hydrogen) atoms. The lowest BCUT2D eigenvalue weighted by Crippen LogP contribution is -2.46. The van der Waals surface area contributed by atoms with E-state index in [1.807, 2.05) is 16.2 Å². The number of unbranched alkanes of at least 4 members (excludes halogenated alkanes) is 2. The fraction of sp³-hybridized carbons (Fsp3) is 0.550. The van der Waals surface area contributed by atoms with Gasteiger partial charge < -0.3 is 15.1 Å². The van der Waals surface area contributed by atoms with Crippen molar-refractivity contribution in [2.75, 3.05) is 57.3 Å². The summed E-state index contributed by atoms with van der Waals surface area (Å²) in [6, 6.07) is 9.02. The predicted molar refractivity (Wildman–Crippen MR) is 109 cm³/mol. The van der Waals surface area contributed by atoms with Gasteiger partial charge in [-0.2, -0.15) is 0 Å². The summed E-state index contributed by atoms with van der Waals surface area (Å²) in [5.74, 6) is 0. The quantitative estimate of drug-likeness (QED) is 0.759. The van der Waals surface area contributed by atoms with Crippen LogP contribution in [0, 0.1) is 0 Å². The lowest BCUT2D eigenvalue weighted by molar-refractivity contribution is 0.215. The van der Waals surface area contributed by atoms with Crippen molar-refractivity contribution in [2.24, 2.45) is 0 Å². The third-order valence-electron chi connectivity index (χ3n) is 5.53. The van der Waals surface area contributed by atoms with Gasteiger partial charge in [-0.15, -0.1) is 11.3 Å². The molecule has 0 bridgehead atoms. The van der Waals surface area contributed by atoms with Crippen LogP contribution in [0.5, 0.6) is 0 Å². The van der Waals surface area contributed by atoms with Crippen LogP contribution in [0.15, 0.2) is 29.6 Å². The zero-order valence-electron chi connectivity index (χ0n) is 15.3. The van der Waals surface area contributed by atoms with E-state index in [9.17, 15) is 4.79 Å². The Hall–Kier alpha value is -1.79. The van der Waals surface area contributed by atoms with Gasteiger partial charge in [0.1, 0.15) is 0 Å². The molecule has 0 atom stereocenters. The molecular weight excluding hydrogens is 344 g/mol. The molecule has 2 aliphatic heterocycles. The zero-order valence-corrected chi connectivity index (χ0v) is 16.1. The highest BCUT2D eigenvalue weighted by atomic mass is 32.1. The van der Waals surface area contributed by atoms with E-state index < -0.39 is 0 Å². The number of nitrogens with zero attached hydrogens (tertiary/aromatic N) is 3. The molecule has 2 saturated heterocycles. The molecule has 6 heteroatoms. The van der Waals surface area contributed by atoms with Crippen LogP contribution < -0.4 is 10.2 Å². The number of piperazine rings is 1. The van der Waals surface area contributed by atoms with Gasteiger partial charge in [-0.25, -0.2) is 4.79 Å². The molecule has 1 N–H and O–H groups in total. The van der Waals surface area contributed by atoms with Crippen molar-refractivity contribution in [1.29, 1.82) is 0 Å². The van der Waals surface area contributed by atoms with Crippen molar-refractivity contribution < 1.29 is 4.79 Å². The number of amides is 2. The number of hydrogen-bond acceptors (Lipinski definition) is 4. The zero-order chi connectivity index (χ0) is 17.8. The van der Waals surface area contributed by atoms with Crippen molar-refractivity contribution in [3.05, 3.63) is 29.6 Å². The average molecular weight is 373 g/mol. The summed E-state index contributed by atoms with van der Waals surface area (Å²) in [6.45, 7) is 8.29. The smallest absolute Gasteiger partial charge is 0.317 e. The summed E-state index contributed by atoms with van der Waals surface area (Å²) in [5.41, 5.74) is 1.40. The van der Waals surface area contributed by atoms with Crippen molar-refractivity contribution in [3.8, 4) is 0 Å². The largest absolute Gasteiger partial charge is 0.368 e.